The Labute approximate surface area is 89.7 Å². The molecule has 0 aromatic carbocycles. The van der Waals surface area contributed by atoms with E-state index in [4.69, 9.17) is 16.4 Å². The molecule has 0 bridgehead atoms. The Kier molecular flexibility index (Phi) is 3.71. The van der Waals surface area contributed by atoms with Crippen molar-refractivity contribution in [1.29, 1.82) is 5.26 Å². The van der Waals surface area contributed by atoms with Gasteiger partial charge in [0.25, 0.3) is 0 Å². The molecule has 76 valence electrons. The number of ether oxygens (including phenoxy) is 1. The van der Waals surface area contributed by atoms with Gasteiger partial charge in [0.05, 0.1) is 12.3 Å². The van der Waals surface area contributed by atoms with Gasteiger partial charge in [-0.2, -0.15) is 5.26 Å². The van der Waals surface area contributed by atoms with E-state index in [1.165, 1.54) is 0 Å². The minimum atomic E-state index is 0.425. The highest BCUT2D eigenvalue weighted by Gasteiger charge is 2.08. The Morgan fingerprint density at radius 3 is 2.87 bits per heavy atom. The van der Waals surface area contributed by atoms with Crippen LogP contribution in [0.4, 0.5) is 0 Å². The van der Waals surface area contributed by atoms with Gasteiger partial charge in [-0.05, 0) is 13.8 Å². The third-order valence-electron chi connectivity index (χ3n) is 1.91. The van der Waals surface area contributed by atoms with E-state index in [2.05, 4.69) is 17.0 Å². The van der Waals surface area contributed by atoms with E-state index in [0.717, 1.165) is 5.69 Å². The van der Waals surface area contributed by atoms with Crippen LogP contribution in [0.2, 0.25) is 0 Å². The van der Waals surface area contributed by atoms with Crippen molar-refractivity contribution in [1.82, 2.24) is 4.98 Å². The van der Waals surface area contributed by atoms with E-state index < -0.39 is 0 Å². The molecule has 0 saturated carbocycles. The van der Waals surface area contributed by atoms with Gasteiger partial charge in [-0.1, -0.05) is 0 Å². The summed E-state index contributed by atoms with van der Waals surface area (Å²) in [6.45, 7) is 4.08. The van der Waals surface area contributed by atoms with Crippen molar-refractivity contribution in [2.24, 2.45) is 0 Å². The Balaban J connectivity index is 2.96. The molecule has 1 aromatic rings. The minimum Gasteiger partial charge on any atom is -0.491 e. The number of aromatic nitrogens is 1. The number of hydrogen-bond donors (Lipinski definition) is 0. The molecule has 0 aliphatic heterocycles. The molecule has 0 aliphatic carbocycles. The first-order chi connectivity index (χ1) is 7.19. The van der Waals surface area contributed by atoms with Crippen LogP contribution in [0.25, 0.3) is 0 Å². The van der Waals surface area contributed by atoms with Crippen molar-refractivity contribution >= 4 is 0 Å². The van der Waals surface area contributed by atoms with E-state index in [1.54, 1.807) is 13.0 Å². The van der Waals surface area contributed by atoms with Gasteiger partial charge in [-0.25, -0.2) is 0 Å². The quantitative estimate of drug-likeness (QED) is 0.553. The zero-order chi connectivity index (χ0) is 11.3. The summed E-state index contributed by atoms with van der Waals surface area (Å²) in [5, 5.41) is 8.94. The van der Waals surface area contributed by atoms with Crippen molar-refractivity contribution in [3.8, 4) is 24.2 Å². The summed E-state index contributed by atoms with van der Waals surface area (Å²) in [6, 6.07) is 3.83. The number of hydrogen-bond acceptors (Lipinski definition) is 3. The first kappa shape index (κ1) is 11.1. The Hall–Kier alpha value is -2.00. The number of terminal acetylenes is 1. The van der Waals surface area contributed by atoms with E-state index in [9.17, 15) is 0 Å². The lowest BCUT2D eigenvalue weighted by Gasteiger charge is -2.08. The molecule has 0 amide bonds. The van der Waals surface area contributed by atoms with Crippen LogP contribution in [-0.2, 0) is 0 Å². The van der Waals surface area contributed by atoms with Crippen LogP contribution < -0.4 is 4.74 Å². The van der Waals surface area contributed by atoms with Crippen molar-refractivity contribution in [3.05, 3.63) is 23.0 Å². The third kappa shape index (κ3) is 2.72. The van der Waals surface area contributed by atoms with Crippen molar-refractivity contribution in [2.75, 3.05) is 6.61 Å². The SMILES string of the molecule is C#CCCOc1cc(C)nc(C)c1C#N. The Bertz CT molecular complexity index is 438. The van der Waals surface area contributed by atoms with E-state index in [1.807, 2.05) is 6.92 Å². The van der Waals surface area contributed by atoms with Crippen LogP contribution in [-0.4, -0.2) is 11.6 Å². The third-order valence-corrected chi connectivity index (χ3v) is 1.91. The highest BCUT2D eigenvalue weighted by atomic mass is 16.5. The molecule has 0 unspecified atom stereocenters. The molecule has 0 fully saturated rings. The molecule has 0 atom stereocenters. The minimum absolute atomic E-state index is 0.425. The standard InChI is InChI=1S/C12H12N2O/c1-4-5-6-15-12-7-9(2)14-10(3)11(12)8-13/h1,7H,5-6H2,2-3H3. The molecule has 1 rings (SSSR count). The average Bonchev–Trinajstić information content (AvgIpc) is 2.17. The van der Waals surface area contributed by atoms with Crippen molar-refractivity contribution in [3.63, 3.8) is 0 Å². The maximum atomic E-state index is 8.94. The molecule has 1 heterocycles. The fourth-order valence-corrected chi connectivity index (χ4v) is 1.26. The Morgan fingerprint density at radius 1 is 1.53 bits per heavy atom. The lowest BCUT2D eigenvalue weighted by molar-refractivity contribution is 0.325. The second-order valence-electron chi connectivity index (χ2n) is 3.14. The lowest BCUT2D eigenvalue weighted by atomic mass is 10.2. The maximum absolute atomic E-state index is 8.94. The normalized spacial score (nSPS) is 9.07. The number of aryl methyl sites for hydroxylation is 2. The van der Waals surface area contributed by atoms with E-state index in [0.29, 0.717) is 30.0 Å². The maximum Gasteiger partial charge on any atom is 0.140 e. The summed E-state index contributed by atoms with van der Waals surface area (Å²) in [5.74, 6) is 3.05. The zero-order valence-electron chi connectivity index (χ0n) is 8.87. The molecule has 1 aromatic heterocycles. The molecule has 3 heteroatoms. The van der Waals surface area contributed by atoms with Gasteiger partial charge in [0, 0.05) is 18.2 Å². The fourth-order valence-electron chi connectivity index (χ4n) is 1.26. The van der Waals surface area contributed by atoms with E-state index >= 15 is 0 Å². The molecule has 0 aliphatic rings. The first-order valence-electron chi connectivity index (χ1n) is 4.63. The predicted octanol–water partition coefficient (Wildman–Crippen LogP) is 1.97. The monoisotopic (exact) mass is 200 g/mol. The molecule has 15 heavy (non-hydrogen) atoms. The van der Waals surface area contributed by atoms with Crippen molar-refractivity contribution in [2.45, 2.75) is 20.3 Å². The van der Waals surface area contributed by atoms with Crippen LogP contribution in [0.5, 0.6) is 5.75 Å². The molecule has 0 saturated heterocycles. The van der Waals surface area contributed by atoms with Gasteiger partial charge in [0.2, 0.25) is 0 Å². The van der Waals surface area contributed by atoms with Gasteiger partial charge in [-0.15, -0.1) is 12.3 Å². The first-order valence-corrected chi connectivity index (χ1v) is 4.63. The van der Waals surface area contributed by atoms with Crippen LogP contribution in [0.1, 0.15) is 23.4 Å². The average molecular weight is 200 g/mol. The summed E-state index contributed by atoms with van der Waals surface area (Å²) in [6.07, 6.45) is 5.65. The highest BCUT2D eigenvalue weighted by Crippen LogP contribution is 2.21. The summed E-state index contributed by atoms with van der Waals surface area (Å²) >= 11 is 0. The molecule has 0 spiro atoms. The fraction of sp³-hybridized carbons (Fsp3) is 0.333. The topological polar surface area (TPSA) is 45.9 Å². The van der Waals surface area contributed by atoms with Crippen molar-refractivity contribution < 1.29 is 4.74 Å². The lowest BCUT2D eigenvalue weighted by Crippen LogP contribution is -2.01. The molecular formula is C12H12N2O. The summed E-state index contributed by atoms with van der Waals surface area (Å²) in [7, 11) is 0. The smallest absolute Gasteiger partial charge is 0.140 e. The van der Waals surface area contributed by atoms with E-state index in [-0.39, 0.29) is 0 Å². The van der Waals surface area contributed by atoms with Gasteiger partial charge in [0.1, 0.15) is 17.4 Å². The largest absolute Gasteiger partial charge is 0.491 e. The van der Waals surface area contributed by atoms with Crippen LogP contribution in [0.15, 0.2) is 6.07 Å². The predicted molar refractivity (Wildman–Crippen MR) is 57.4 cm³/mol. The second kappa shape index (κ2) is 5.02. The molecule has 0 N–H and O–H groups in total. The highest BCUT2D eigenvalue weighted by molar-refractivity contribution is 5.46. The summed E-state index contributed by atoms with van der Waals surface area (Å²) in [4.78, 5) is 4.19. The second-order valence-corrected chi connectivity index (χ2v) is 3.14. The number of nitrogens with zero attached hydrogens (tertiary/aromatic N) is 2. The summed E-state index contributed by atoms with van der Waals surface area (Å²) in [5.41, 5.74) is 2.01. The molecule has 0 radical (unpaired) electrons. The van der Waals surface area contributed by atoms with Crippen LogP contribution >= 0.6 is 0 Å². The van der Waals surface area contributed by atoms with Crippen LogP contribution in [0.3, 0.4) is 0 Å². The summed E-state index contributed by atoms with van der Waals surface area (Å²) < 4.78 is 5.43. The van der Waals surface area contributed by atoms with Crippen LogP contribution in [0, 0.1) is 37.5 Å². The number of rotatable bonds is 3. The van der Waals surface area contributed by atoms with Gasteiger partial charge in [-0.3, -0.25) is 4.98 Å². The van der Waals surface area contributed by atoms with Gasteiger partial charge in [0.15, 0.2) is 0 Å². The zero-order valence-corrected chi connectivity index (χ0v) is 8.87. The van der Waals surface area contributed by atoms with Gasteiger partial charge < -0.3 is 4.74 Å². The van der Waals surface area contributed by atoms with Gasteiger partial charge >= 0.3 is 0 Å². The number of pyridine rings is 1. The number of nitriles is 1. The molecule has 3 nitrogen and oxygen atoms in total. The Morgan fingerprint density at radius 2 is 2.27 bits per heavy atom. The molecular weight excluding hydrogens is 188 g/mol.